The Hall–Kier alpha value is -3.93. The second kappa shape index (κ2) is 11.2. The molecule has 2 aliphatic rings. The molecule has 38 heavy (non-hydrogen) atoms. The first kappa shape index (κ1) is 25.7. The Balaban J connectivity index is 1.36. The number of benzene rings is 3. The van der Waals surface area contributed by atoms with Crippen molar-refractivity contribution in [3.8, 4) is 5.75 Å². The van der Waals surface area contributed by atoms with Gasteiger partial charge in [0.15, 0.2) is 0 Å². The number of β-lactam (4-membered cyclic amide) rings is 1. The summed E-state index contributed by atoms with van der Waals surface area (Å²) in [6.45, 7) is 4.87. The smallest absolute Gasteiger partial charge is 0.262 e. The van der Waals surface area contributed by atoms with Crippen LogP contribution in [0, 0.1) is 6.92 Å². The van der Waals surface area contributed by atoms with Crippen LogP contribution in [0.3, 0.4) is 0 Å². The number of aryl methyl sites for hydroxylation is 1. The Bertz CT molecular complexity index is 1280. The number of ether oxygens (including phenoxy) is 1. The highest BCUT2D eigenvalue weighted by atomic mass is 16.5. The fourth-order valence-electron chi connectivity index (χ4n) is 5.34. The number of rotatable bonds is 11. The number of hydrogen-bond donors (Lipinski definition) is 0. The molecular formula is C32H34N2O4. The van der Waals surface area contributed by atoms with E-state index in [2.05, 4.69) is 6.92 Å². The molecule has 1 saturated heterocycles. The van der Waals surface area contributed by atoms with Crippen molar-refractivity contribution in [1.29, 1.82) is 0 Å². The molecule has 0 N–H and O–H groups in total. The molecule has 0 bridgehead atoms. The molecule has 2 atom stereocenters. The number of imide groups is 1. The Morgan fingerprint density at radius 3 is 1.92 bits per heavy atom. The normalized spacial score (nSPS) is 18.5. The zero-order valence-corrected chi connectivity index (χ0v) is 22.1. The summed E-state index contributed by atoms with van der Waals surface area (Å²) in [5.41, 5.74) is 3.36. The van der Waals surface area contributed by atoms with Crippen molar-refractivity contribution in [1.82, 2.24) is 4.90 Å². The van der Waals surface area contributed by atoms with Crippen molar-refractivity contribution in [3.05, 3.63) is 95.1 Å². The molecule has 5 rings (SSSR count). The Morgan fingerprint density at radius 2 is 1.29 bits per heavy atom. The highest BCUT2D eigenvalue weighted by Crippen LogP contribution is 2.44. The number of anilines is 1. The molecule has 0 spiro atoms. The number of hydrogen-bond acceptors (Lipinski definition) is 4. The summed E-state index contributed by atoms with van der Waals surface area (Å²) in [6, 6.07) is 20.7. The van der Waals surface area contributed by atoms with Gasteiger partial charge >= 0.3 is 0 Å². The first-order chi connectivity index (χ1) is 18.5. The van der Waals surface area contributed by atoms with Crippen molar-refractivity contribution in [2.75, 3.05) is 11.5 Å². The van der Waals surface area contributed by atoms with Gasteiger partial charge < -0.3 is 9.64 Å². The van der Waals surface area contributed by atoms with E-state index in [4.69, 9.17) is 4.74 Å². The monoisotopic (exact) mass is 510 g/mol. The number of carbonyl (C=O) groups excluding carboxylic acids is 3. The molecule has 2 aliphatic heterocycles. The van der Waals surface area contributed by atoms with Gasteiger partial charge in [-0.25, -0.2) is 0 Å². The van der Waals surface area contributed by atoms with E-state index in [0.29, 0.717) is 17.7 Å². The molecule has 0 aliphatic carbocycles. The molecule has 3 aromatic carbocycles. The molecule has 3 aromatic rings. The van der Waals surface area contributed by atoms with Gasteiger partial charge in [-0.05, 0) is 55.3 Å². The summed E-state index contributed by atoms with van der Waals surface area (Å²) in [5, 5.41) is 0. The average molecular weight is 511 g/mol. The molecule has 0 radical (unpaired) electrons. The third kappa shape index (κ3) is 4.83. The number of amides is 3. The largest absolute Gasteiger partial charge is 0.494 e. The molecule has 196 valence electrons. The fourth-order valence-corrected chi connectivity index (χ4v) is 5.34. The standard InChI is InChI=1S/C32H34N2O4/c1-3-4-5-6-7-10-21-38-25-19-15-23(16-20-25)28-29(32(37)33(28)24-17-13-22(2)14-18-24)34-30(35)26-11-8-9-12-27(26)31(34)36/h8-9,11-20,28-29H,3-7,10,21H2,1-2H3/t28-,29+/m0/s1. The fraction of sp³-hybridized carbons (Fsp3) is 0.344. The van der Waals surface area contributed by atoms with E-state index in [9.17, 15) is 14.4 Å². The molecule has 1 fully saturated rings. The highest BCUT2D eigenvalue weighted by molar-refractivity contribution is 6.24. The molecule has 3 amide bonds. The minimum Gasteiger partial charge on any atom is -0.494 e. The highest BCUT2D eigenvalue weighted by Gasteiger charge is 2.57. The predicted octanol–water partition coefficient (Wildman–Crippen LogP) is 6.49. The van der Waals surface area contributed by atoms with Crippen LogP contribution in [0.5, 0.6) is 5.75 Å². The minimum atomic E-state index is -0.904. The van der Waals surface area contributed by atoms with Crippen LogP contribution in [0.15, 0.2) is 72.8 Å². The van der Waals surface area contributed by atoms with Crippen molar-refractivity contribution in [2.24, 2.45) is 0 Å². The maximum atomic E-state index is 13.6. The number of unbranched alkanes of at least 4 members (excludes halogenated alkanes) is 5. The molecule has 6 heteroatoms. The van der Waals surface area contributed by atoms with Crippen LogP contribution in [-0.4, -0.2) is 35.3 Å². The van der Waals surface area contributed by atoms with E-state index < -0.39 is 23.9 Å². The van der Waals surface area contributed by atoms with Gasteiger partial charge in [0.05, 0.1) is 23.8 Å². The maximum Gasteiger partial charge on any atom is 0.262 e. The van der Waals surface area contributed by atoms with Gasteiger partial charge in [-0.3, -0.25) is 19.3 Å². The lowest BCUT2D eigenvalue weighted by molar-refractivity contribution is -0.130. The van der Waals surface area contributed by atoms with Crippen LogP contribution in [0.4, 0.5) is 5.69 Å². The van der Waals surface area contributed by atoms with E-state index >= 15 is 0 Å². The van der Waals surface area contributed by atoms with Gasteiger partial charge in [-0.2, -0.15) is 0 Å². The van der Waals surface area contributed by atoms with E-state index in [1.54, 1.807) is 29.2 Å². The average Bonchev–Trinajstić information content (AvgIpc) is 3.18. The van der Waals surface area contributed by atoms with Gasteiger partial charge in [0.25, 0.3) is 17.7 Å². The lowest BCUT2D eigenvalue weighted by Gasteiger charge is -2.49. The van der Waals surface area contributed by atoms with Crippen LogP contribution >= 0.6 is 0 Å². The minimum absolute atomic E-state index is 0.267. The third-order valence-corrected chi connectivity index (χ3v) is 7.47. The summed E-state index contributed by atoms with van der Waals surface area (Å²) in [5.74, 6) is -0.336. The summed E-state index contributed by atoms with van der Waals surface area (Å²) >= 11 is 0. The van der Waals surface area contributed by atoms with Crippen LogP contribution in [0.25, 0.3) is 0 Å². The summed E-state index contributed by atoms with van der Waals surface area (Å²) < 4.78 is 5.95. The predicted molar refractivity (Wildman–Crippen MR) is 147 cm³/mol. The Morgan fingerprint density at radius 1 is 0.684 bits per heavy atom. The van der Waals surface area contributed by atoms with Crippen molar-refractivity contribution >= 4 is 23.4 Å². The lowest BCUT2D eigenvalue weighted by Crippen LogP contribution is -2.67. The van der Waals surface area contributed by atoms with Gasteiger partial charge in [0.2, 0.25) is 0 Å². The van der Waals surface area contributed by atoms with Gasteiger partial charge in [-0.15, -0.1) is 0 Å². The second-order valence-electron chi connectivity index (χ2n) is 10.1. The van der Waals surface area contributed by atoms with E-state index in [-0.39, 0.29) is 5.91 Å². The lowest BCUT2D eigenvalue weighted by atomic mass is 9.86. The van der Waals surface area contributed by atoms with E-state index in [0.717, 1.165) is 40.3 Å². The van der Waals surface area contributed by atoms with Gasteiger partial charge in [0.1, 0.15) is 11.8 Å². The second-order valence-corrected chi connectivity index (χ2v) is 10.1. The molecule has 6 nitrogen and oxygen atoms in total. The van der Waals surface area contributed by atoms with Crippen LogP contribution < -0.4 is 9.64 Å². The molecule has 2 heterocycles. The number of fused-ring (bicyclic) bond motifs is 1. The number of nitrogens with zero attached hydrogens (tertiary/aromatic N) is 2. The first-order valence-corrected chi connectivity index (χ1v) is 13.6. The van der Waals surface area contributed by atoms with Crippen LogP contribution in [0.1, 0.15) is 83.3 Å². The first-order valence-electron chi connectivity index (χ1n) is 13.6. The van der Waals surface area contributed by atoms with Crippen LogP contribution in [0.2, 0.25) is 0 Å². The SMILES string of the molecule is CCCCCCCCOc1ccc([C@H]2[C@@H](N3C(=O)c4ccccc4C3=O)C(=O)N2c2ccc(C)cc2)cc1. The van der Waals surface area contributed by atoms with Gasteiger partial charge in [0, 0.05) is 5.69 Å². The van der Waals surface area contributed by atoms with Crippen LogP contribution in [-0.2, 0) is 4.79 Å². The summed E-state index contributed by atoms with van der Waals surface area (Å²) in [4.78, 5) is 42.9. The summed E-state index contributed by atoms with van der Waals surface area (Å²) in [7, 11) is 0. The third-order valence-electron chi connectivity index (χ3n) is 7.47. The Labute approximate surface area is 224 Å². The summed E-state index contributed by atoms with van der Waals surface area (Å²) in [6.07, 6.45) is 7.22. The van der Waals surface area contributed by atoms with Crippen molar-refractivity contribution in [2.45, 2.75) is 64.5 Å². The quantitative estimate of drug-likeness (QED) is 0.168. The Kier molecular flexibility index (Phi) is 7.59. The number of carbonyl (C=O) groups is 3. The zero-order chi connectivity index (χ0) is 26.6. The zero-order valence-electron chi connectivity index (χ0n) is 22.1. The molecule has 0 aromatic heterocycles. The topological polar surface area (TPSA) is 66.9 Å². The van der Waals surface area contributed by atoms with E-state index in [1.807, 2.05) is 55.5 Å². The van der Waals surface area contributed by atoms with Crippen molar-refractivity contribution < 1.29 is 19.1 Å². The molecular weight excluding hydrogens is 476 g/mol. The molecule has 0 saturated carbocycles. The van der Waals surface area contributed by atoms with E-state index in [1.165, 1.54) is 25.7 Å². The van der Waals surface area contributed by atoms with Gasteiger partial charge in [-0.1, -0.05) is 81.0 Å². The molecule has 0 unspecified atom stereocenters. The van der Waals surface area contributed by atoms with Crippen molar-refractivity contribution in [3.63, 3.8) is 0 Å². The maximum absolute atomic E-state index is 13.6.